The highest BCUT2D eigenvalue weighted by Gasteiger charge is 2.10. The van der Waals surface area contributed by atoms with Crippen LogP contribution in [0.15, 0.2) is 6.33 Å². The van der Waals surface area contributed by atoms with Crippen LogP contribution in [0.5, 0.6) is 5.88 Å². The molecule has 0 aliphatic carbocycles. The predicted octanol–water partition coefficient (Wildman–Crippen LogP) is 0.414. The number of methoxy groups -OCH3 is 1. The van der Waals surface area contributed by atoms with Crippen LogP contribution in [0.1, 0.15) is 0 Å². The minimum Gasteiger partial charge on any atom is -0.479 e. The number of anilines is 1. The van der Waals surface area contributed by atoms with E-state index in [9.17, 15) is 0 Å². The lowest BCUT2D eigenvalue weighted by molar-refractivity contribution is 0.402. The van der Waals surface area contributed by atoms with Crippen molar-refractivity contribution in [2.75, 3.05) is 19.5 Å². The second-order valence-corrected chi connectivity index (χ2v) is 2.83. The summed E-state index contributed by atoms with van der Waals surface area (Å²) in [6.07, 6.45) is 1.68. The van der Waals surface area contributed by atoms with E-state index in [1.165, 1.54) is 0 Å². The van der Waals surface area contributed by atoms with Gasteiger partial charge in [0.2, 0.25) is 11.8 Å². The minimum atomic E-state index is 0.486. The summed E-state index contributed by atoms with van der Waals surface area (Å²) in [6.45, 7) is 0. The maximum absolute atomic E-state index is 5.12. The largest absolute Gasteiger partial charge is 0.479 e. The molecule has 0 atom stereocenters. The highest BCUT2D eigenvalue weighted by Crippen LogP contribution is 2.21. The molecule has 0 bridgehead atoms. The van der Waals surface area contributed by atoms with Gasteiger partial charge >= 0.3 is 0 Å². The average molecular weight is 193 g/mol. The quantitative estimate of drug-likeness (QED) is 0.748. The van der Waals surface area contributed by atoms with E-state index in [0.29, 0.717) is 17.3 Å². The lowest BCUT2D eigenvalue weighted by Crippen LogP contribution is -2.00. The SMILES string of the molecule is CNc1nc(OC)c2ncn(C)c2n1. The zero-order chi connectivity index (χ0) is 10.1. The summed E-state index contributed by atoms with van der Waals surface area (Å²) in [5, 5.41) is 2.87. The van der Waals surface area contributed by atoms with Crippen molar-refractivity contribution >= 4 is 17.1 Å². The molecule has 14 heavy (non-hydrogen) atoms. The third kappa shape index (κ3) is 1.15. The van der Waals surface area contributed by atoms with Crippen LogP contribution in [0.3, 0.4) is 0 Å². The number of hydrogen-bond acceptors (Lipinski definition) is 5. The maximum atomic E-state index is 5.12. The first kappa shape index (κ1) is 8.74. The van der Waals surface area contributed by atoms with Gasteiger partial charge in [-0.15, -0.1) is 0 Å². The van der Waals surface area contributed by atoms with E-state index in [0.717, 1.165) is 5.65 Å². The number of nitrogens with one attached hydrogen (secondary N) is 1. The molecule has 0 radical (unpaired) electrons. The van der Waals surface area contributed by atoms with Crippen LogP contribution < -0.4 is 10.1 Å². The van der Waals surface area contributed by atoms with Gasteiger partial charge in [0.1, 0.15) is 0 Å². The second-order valence-electron chi connectivity index (χ2n) is 2.83. The molecular weight excluding hydrogens is 182 g/mol. The van der Waals surface area contributed by atoms with Crippen molar-refractivity contribution in [1.29, 1.82) is 0 Å². The molecule has 2 rings (SSSR count). The molecule has 0 saturated heterocycles. The molecule has 0 unspecified atom stereocenters. The molecular formula is C8H11N5O. The summed E-state index contributed by atoms with van der Waals surface area (Å²) in [4.78, 5) is 12.5. The van der Waals surface area contributed by atoms with Crippen LogP contribution in [0, 0.1) is 0 Å². The molecule has 0 aromatic carbocycles. The van der Waals surface area contributed by atoms with E-state index in [2.05, 4.69) is 20.3 Å². The van der Waals surface area contributed by atoms with Crippen molar-refractivity contribution in [2.45, 2.75) is 0 Å². The van der Waals surface area contributed by atoms with Gasteiger partial charge < -0.3 is 14.6 Å². The Morgan fingerprint density at radius 3 is 2.86 bits per heavy atom. The number of imidazole rings is 1. The highest BCUT2D eigenvalue weighted by molar-refractivity contribution is 5.77. The Bertz CT molecular complexity index is 464. The minimum absolute atomic E-state index is 0.486. The van der Waals surface area contributed by atoms with Gasteiger partial charge in [-0.25, -0.2) is 4.98 Å². The number of hydrogen-bond donors (Lipinski definition) is 1. The van der Waals surface area contributed by atoms with E-state index in [4.69, 9.17) is 4.74 Å². The molecule has 2 aromatic rings. The number of fused-ring (bicyclic) bond motifs is 1. The fourth-order valence-corrected chi connectivity index (χ4v) is 1.24. The Balaban J connectivity index is 2.76. The van der Waals surface area contributed by atoms with Crippen molar-refractivity contribution in [2.24, 2.45) is 7.05 Å². The normalized spacial score (nSPS) is 10.5. The molecule has 0 fully saturated rings. The lowest BCUT2D eigenvalue weighted by atomic mass is 10.5. The van der Waals surface area contributed by atoms with E-state index in [1.54, 1.807) is 20.5 Å². The summed E-state index contributed by atoms with van der Waals surface area (Å²) >= 11 is 0. The topological polar surface area (TPSA) is 64.9 Å². The Hall–Kier alpha value is -1.85. The van der Waals surface area contributed by atoms with Gasteiger partial charge in [-0.3, -0.25) is 0 Å². The molecule has 74 valence electrons. The molecule has 6 heteroatoms. The zero-order valence-corrected chi connectivity index (χ0v) is 8.27. The van der Waals surface area contributed by atoms with E-state index in [1.807, 2.05) is 11.6 Å². The zero-order valence-electron chi connectivity index (χ0n) is 8.27. The molecule has 0 aliphatic heterocycles. The van der Waals surface area contributed by atoms with E-state index >= 15 is 0 Å². The molecule has 0 aliphatic rings. The fraction of sp³-hybridized carbons (Fsp3) is 0.375. The van der Waals surface area contributed by atoms with Crippen LogP contribution in [0.4, 0.5) is 5.95 Å². The highest BCUT2D eigenvalue weighted by atomic mass is 16.5. The predicted molar refractivity (Wildman–Crippen MR) is 52.4 cm³/mol. The van der Waals surface area contributed by atoms with E-state index in [-0.39, 0.29) is 0 Å². The number of aromatic nitrogens is 4. The van der Waals surface area contributed by atoms with Gasteiger partial charge in [0.25, 0.3) is 0 Å². The third-order valence-electron chi connectivity index (χ3n) is 1.94. The maximum Gasteiger partial charge on any atom is 0.246 e. The van der Waals surface area contributed by atoms with Crippen molar-refractivity contribution in [3.8, 4) is 5.88 Å². The molecule has 0 spiro atoms. The van der Waals surface area contributed by atoms with Crippen LogP contribution in [-0.2, 0) is 7.05 Å². The average Bonchev–Trinajstić information content (AvgIpc) is 2.59. The molecule has 2 aromatic heterocycles. The monoisotopic (exact) mass is 193 g/mol. The van der Waals surface area contributed by atoms with Gasteiger partial charge in [-0.05, 0) is 0 Å². The number of rotatable bonds is 2. The van der Waals surface area contributed by atoms with Crippen molar-refractivity contribution in [3.63, 3.8) is 0 Å². The Kier molecular flexibility index (Phi) is 1.95. The Labute approximate surface area is 80.9 Å². The second kappa shape index (κ2) is 3.13. The van der Waals surface area contributed by atoms with Crippen LogP contribution in [-0.4, -0.2) is 33.7 Å². The number of nitrogens with zero attached hydrogens (tertiary/aromatic N) is 4. The summed E-state index contributed by atoms with van der Waals surface area (Å²) in [5.41, 5.74) is 1.43. The number of ether oxygens (including phenoxy) is 1. The van der Waals surface area contributed by atoms with Gasteiger partial charge in [0, 0.05) is 14.1 Å². The van der Waals surface area contributed by atoms with Gasteiger partial charge in [0.05, 0.1) is 13.4 Å². The van der Waals surface area contributed by atoms with Crippen LogP contribution >= 0.6 is 0 Å². The smallest absolute Gasteiger partial charge is 0.246 e. The van der Waals surface area contributed by atoms with Crippen molar-refractivity contribution in [1.82, 2.24) is 19.5 Å². The van der Waals surface area contributed by atoms with E-state index < -0.39 is 0 Å². The molecule has 1 N–H and O–H groups in total. The number of aryl methyl sites for hydroxylation is 1. The molecule has 2 heterocycles. The standard InChI is InChI=1S/C8H11N5O/c1-9-8-11-6-5(7(12-8)14-3)10-4-13(6)2/h4H,1-3H3,(H,9,11,12). The molecule has 0 amide bonds. The van der Waals surface area contributed by atoms with Crippen molar-refractivity contribution in [3.05, 3.63) is 6.33 Å². The van der Waals surface area contributed by atoms with Crippen molar-refractivity contribution < 1.29 is 4.74 Å². The Morgan fingerprint density at radius 1 is 1.43 bits per heavy atom. The first-order chi connectivity index (χ1) is 6.76. The Morgan fingerprint density at radius 2 is 2.21 bits per heavy atom. The van der Waals surface area contributed by atoms with Gasteiger partial charge in [0.15, 0.2) is 11.2 Å². The first-order valence-corrected chi connectivity index (χ1v) is 4.17. The van der Waals surface area contributed by atoms with Gasteiger partial charge in [-0.2, -0.15) is 9.97 Å². The third-order valence-corrected chi connectivity index (χ3v) is 1.94. The summed E-state index contributed by atoms with van der Waals surface area (Å²) in [5.74, 6) is 1.01. The first-order valence-electron chi connectivity index (χ1n) is 4.17. The summed E-state index contributed by atoms with van der Waals surface area (Å²) in [7, 11) is 5.20. The van der Waals surface area contributed by atoms with Crippen LogP contribution in [0.2, 0.25) is 0 Å². The van der Waals surface area contributed by atoms with Crippen LogP contribution in [0.25, 0.3) is 11.2 Å². The fourth-order valence-electron chi connectivity index (χ4n) is 1.24. The lowest BCUT2D eigenvalue weighted by Gasteiger charge is -2.03. The van der Waals surface area contributed by atoms with Gasteiger partial charge in [-0.1, -0.05) is 0 Å². The summed E-state index contributed by atoms with van der Waals surface area (Å²) in [6, 6.07) is 0. The molecule has 0 saturated carbocycles. The molecule has 6 nitrogen and oxygen atoms in total. The summed E-state index contributed by atoms with van der Waals surface area (Å²) < 4.78 is 6.94.